The number of carbonyl (C=O) groups is 1. The molecule has 1 aliphatic carbocycles. The third kappa shape index (κ3) is 5.52. The molecule has 0 radical (unpaired) electrons. The first kappa shape index (κ1) is 26.0. The third-order valence-corrected chi connectivity index (χ3v) is 8.31. The fourth-order valence-electron chi connectivity index (χ4n) is 5.37. The van der Waals surface area contributed by atoms with E-state index in [0.29, 0.717) is 6.07 Å². The van der Waals surface area contributed by atoms with Crippen LogP contribution in [0, 0.1) is 29.3 Å². The van der Waals surface area contributed by atoms with Gasteiger partial charge in [0, 0.05) is 28.9 Å². The van der Waals surface area contributed by atoms with Crippen molar-refractivity contribution in [3.05, 3.63) is 59.4 Å². The van der Waals surface area contributed by atoms with Crippen molar-refractivity contribution in [2.75, 3.05) is 12.3 Å². The lowest BCUT2D eigenvalue weighted by Gasteiger charge is -2.31. The molecule has 0 bridgehead atoms. The topological polar surface area (TPSA) is 55.4 Å². The maximum Gasteiger partial charge on any atom is 0.226 e. The zero-order valence-corrected chi connectivity index (χ0v) is 20.6. The van der Waals surface area contributed by atoms with Gasteiger partial charge in [0.25, 0.3) is 0 Å². The largest absolute Gasteiger partial charge is 0.598 e. The Bertz CT molecular complexity index is 1050. The standard InChI is InChI=1S/C26H30F4N2O2S/c1-3-35(34)31-25-22(29)14-32(26(33)20-8-4-6-15(20)2)23(25)12-16-7-5-9-21(24(16)30)17-10-18(27)13-19(28)11-17/h5,7,9-11,13,15,20,22-23,25,31H,3-4,6,8,12,14H2,1-2H3/t15?,20?,22-,23-,25-,35?/m0/s1. The maximum absolute atomic E-state index is 15.6. The molecule has 2 aromatic carbocycles. The molecule has 1 N–H and O–H groups in total. The van der Waals surface area contributed by atoms with Gasteiger partial charge in [-0.2, -0.15) is 0 Å². The summed E-state index contributed by atoms with van der Waals surface area (Å²) < 4.78 is 73.4. The van der Waals surface area contributed by atoms with Crippen LogP contribution in [0.4, 0.5) is 17.6 Å². The van der Waals surface area contributed by atoms with Gasteiger partial charge in [0.15, 0.2) is 0 Å². The van der Waals surface area contributed by atoms with E-state index in [-0.39, 0.29) is 53.2 Å². The molecule has 6 atom stereocenters. The minimum Gasteiger partial charge on any atom is -0.598 e. The van der Waals surface area contributed by atoms with Crippen molar-refractivity contribution in [1.29, 1.82) is 0 Å². The fraction of sp³-hybridized carbons (Fsp3) is 0.500. The van der Waals surface area contributed by atoms with Gasteiger partial charge in [-0.25, -0.2) is 17.6 Å². The molecule has 35 heavy (non-hydrogen) atoms. The number of hydrogen-bond donors (Lipinski definition) is 1. The summed E-state index contributed by atoms with van der Waals surface area (Å²) in [6.45, 7) is 3.56. The zero-order chi connectivity index (χ0) is 25.3. The van der Waals surface area contributed by atoms with Crippen LogP contribution in [0.3, 0.4) is 0 Å². The summed E-state index contributed by atoms with van der Waals surface area (Å²) in [5, 5.41) is 0. The van der Waals surface area contributed by atoms with Crippen molar-refractivity contribution in [1.82, 2.24) is 9.62 Å². The highest BCUT2D eigenvalue weighted by molar-refractivity contribution is 7.89. The SMILES string of the molecule is CC[S+]([O-])N[C@H]1[C@@H](F)CN(C(=O)C2CCCC2C)[C@H]1Cc1cccc(-c2cc(F)cc(F)c2)c1F. The molecular weight excluding hydrogens is 480 g/mol. The molecule has 1 aliphatic heterocycles. The first-order valence-electron chi connectivity index (χ1n) is 12.0. The highest BCUT2D eigenvalue weighted by atomic mass is 32.2. The van der Waals surface area contributed by atoms with Gasteiger partial charge in [0.1, 0.15) is 35.4 Å². The van der Waals surface area contributed by atoms with Crippen LogP contribution >= 0.6 is 0 Å². The van der Waals surface area contributed by atoms with Crippen LogP contribution in [0.25, 0.3) is 11.1 Å². The van der Waals surface area contributed by atoms with Gasteiger partial charge in [0.2, 0.25) is 5.91 Å². The molecule has 9 heteroatoms. The van der Waals surface area contributed by atoms with Gasteiger partial charge in [-0.3, -0.25) is 4.79 Å². The molecule has 2 fully saturated rings. The Morgan fingerprint density at radius 1 is 1.17 bits per heavy atom. The number of amides is 1. The zero-order valence-electron chi connectivity index (χ0n) is 19.8. The van der Waals surface area contributed by atoms with E-state index in [1.165, 1.54) is 17.0 Å². The smallest absolute Gasteiger partial charge is 0.226 e. The van der Waals surface area contributed by atoms with E-state index < -0.39 is 47.1 Å². The Balaban J connectivity index is 1.67. The van der Waals surface area contributed by atoms with Crippen molar-refractivity contribution in [2.45, 2.75) is 57.8 Å². The molecule has 0 spiro atoms. The normalized spacial score (nSPS) is 27.4. The predicted molar refractivity (Wildman–Crippen MR) is 128 cm³/mol. The van der Waals surface area contributed by atoms with E-state index in [1.54, 1.807) is 13.0 Å². The molecule has 2 aliphatic rings. The molecule has 2 aromatic rings. The molecule has 1 amide bonds. The molecular formula is C26H30F4N2O2S. The summed E-state index contributed by atoms with van der Waals surface area (Å²) >= 11 is -1.50. The number of halogens is 4. The lowest BCUT2D eigenvalue weighted by Crippen LogP contribution is -2.51. The third-order valence-electron chi connectivity index (χ3n) is 7.25. The number of nitrogens with zero attached hydrogens (tertiary/aromatic N) is 1. The van der Waals surface area contributed by atoms with Crippen LogP contribution in [-0.4, -0.2) is 45.9 Å². The number of benzene rings is 2. The van der Waals surface area contributed by atoms with E-state index in [1.807, 2.05) is 6.92 Å². The number of likely N-dealkylation sites (tertiary alicyclic amines) is 1. The van der Waals surface area contributed by atoms with Crippen molar-refractivity contribution in [3.63, 3.8) is 0 Å². The van der Waals surface area contributed by atoms with Crippen LogP contribution in [-0.2, 0) is 22.6 Å². The number of carbonyl (C=O) groups excluding carboxylic acids is 1. The summed E-state index contributed by atoms with van der Waals surface area (Å²) in [5.74, 6) is -2.26. The lowest BCUT2D eigenvalue weighted by atomic mass is 9.93. The summed E-state index contributed by atoms with van der Waals surface area (Å²) in [4.78, 5) is 14.9. The second-order valence-electron chi connectivity index (χ2n) is 9.51. The predicted octanol–water partition coefficient (Wildman–Crippen LogP) is 4.94. The number of rotatable bonds is 7. The monoisotopic (exact) mass is 510 g/mol. The van der Waals surface area contributed by atoms with Gasteiger partial charge < -0.3 is 9.45 Å². The quantitative estimate of drug-likeness (QED) is 0.424. The summed E-state index contributed by atoms with van der Waals surface area (Å²) in [7, 11) is 0. The van der Waals surface area contributed by atoms with E-state index in [4.69, 9.17) is 0 Å². The minimum absolute atomic E-state index is 0.0135. The van der Waals surface area contributed by atoms with Crippen LogP contribution in [0.1, 0.15) is 38.7 Å². The van der Waals surface area contributed by atoms with Crippen LogP contribution in [0.2, 0.25) is 0 Å². The van der Waals surface area contributed by atoms with Crippen molar-refractivity contribution < 1.29 is 26.9 Å². The van der Waals surface area contributed by atoms with Crippen LogP contribution in [0.15, 0.2) is 36.4 Å². The average Bonchev–Trinajstić information content (AvgIpc) is 3.37. The molecule has 1 saturated heterocycles. The molecule has 4 rings (SSSR count). The molecule has 1 saturated carbocycles. The van der Waals surface area contributed by atoms with Gasteiger partial charge in [-0.05, 0) is 55.4 Å². The first-order valence-corrected chi connectivity index (χ1v) is 13.3. The highest BCUT2D eigenvalue weighted by Gasteiger charge is 2.48. The summed E-state index contributed by atoms with van der Waals surface area (Å²) in [6.07, 6.45) is 1.10. The van der Waals surface area contributed by atoms with Crippen LogP contribution in [0.5, 0.6) is 0 Å². The molecule has 3 unspecified atom stereocenters. The second kappa shape index (κ2) is 10.9. The number of hydrogen-bond acceptors (Lipinski definition) is 3. The van der Waals surface area contributed by atoms with Crippen molar-refractivity contribution in [3.8, 4) is 11.1 Å². The van der Waals surface area contributed by atoms with E-state index in [9.17, 15) is 18.1 Å². The van der Waals surface area contributed by atoms with Gasteiger partial charge in [0.05, 0.1) is 12.6 Å². The van der Waals surface area contributed by atoms with E-state index >= 15 is 8.78 Å². The van der Waals surface area contributed by atoms with Gasteiger partial charge >= 0.3 is 0 Å². The molecule has 4 nitrogen and oxygen atoms in total. The Hall–Kier alpha value is -2.10. The van der Waals surface area contributed by atoms with E-state index in [2.05, 4.69) is 4.72 Å². The number of alkyl halides is 1. The van der Waals surface area contributed by atoms with Crippen molar-refractivity contribution >= 4 is 17.3 Å². The Kier molecular flexibility index (Phi) is 8.08. The lowest BCUT2D eigenvalue weighted by molar-refractivity contribution is -0.137. The molecule has 0 aromatic heterocycles. The minimum atomic E-state index is -1.50. The van der Waals surface area contributed by atoms with Gasteiger partial charge in [-0.1, -0.05) is 31.5 Å². The van der Waals surface area contributed by atoms with E-state index in [0.717, 1.165) is 31.4 Å². The molecule has 1 heterocycles. The maximum atomic E-state index is 15.6. The molecule has 190 valence electrons. The Labute approximate surface area is 206 Å². The Morgan fingerprint density at radius 3 is 2.51 bits per heavy atom. The first-order chi connectivity index (χ1) is 16.7. The van der Waals surface area contributed by atoms with Gasteiger partial charge in [-0.15, -0.1) is 4.72 Å². The van der Waals surface area contributed by atoms with Crippen LogP contribution < -0.4 is 4.72 Å². The van der Waals surface area contributed by atoms with Crippen molar-refractivity contribution in [2.24, 2.45) is 11.8 Å². The second-order valence-corrected chi connectivity index (χ2v) is 11.0. The average molecular weight is 511 g/mol. The number of nitrogens with one attached hydrogen (secondary N) is 1. The summed E-state index contributed by atoms with van der Waals surface area (Å²) in [6, 6.07) is 5.63. The summed E-state index contributed by atoms with van der Waals surface area (Å²) in [5.41, 5.74) is 0.253. The fourth-order valence-corrected chi connectivity index (χ4v) is 6.15. The Morgan fingerprint density at radius 2 is 1.89 bits per heavy atom. The highest BCUT2D eigenvalue weighted by Crippen LogP contribution is 2.36.